The predicted octanol–water partition coefficient (Wildman–Crippen LogP) is 6.31. The number of hydrogen-bond donors (Lipinski definition) is 0. The topological polar surface area (TPSA) is 0 Å². The molecule has 0 heterocycles. The standard InChI is InChI=1S/C20H13Cl/c21-20-10-9-15-6-8-18(12-19(15)13-20)17-7-5-14-3-1-2-4-16(14)11-17/h1-13H. The first-order valence-corrected chi connectivity index (χ1v) is 7.36. The monoisotopic (exact) mass is 288 g/mol. The van der Waals surface area contributed by atoms with E-state index in [9.17, 15) is 0 Å². The van der Waals surface area contributed by atoms with Crippen molar-refractivity contribution in [2.24, 2.45) is 0 Å². The molecule has 0 aliphatic heterocycles. The van der Waals surface area contributed by atoms with Crippen LogP contribution in [0.25, 0.3) is 32.7 Å². The van der Waals surface area contributed by atoms with Gasteiger partial charge in [0.25, 0.3) is 0 Å². The zero-order valence-electron chi connectivity index (χ0n) is 11.4. The van der Waals surface area contributed by atoms with Gasteiger partial charge >= 0.3 is 0 Å². The highest BCUT2D eigenvalue weighted by Crippen LogP contribution is 2.28. The van der Waals surface area contributed by atoms with Crippen LogP contribution in [0.2, 0.25) is 5.02 Å². The lowest BCUT2D eigenvalue weighted by Gasteiger charge is -2.06. The Morgan fingerprint density at radius 2 is 1.05 bits per heavy atom. The van der Waals surface area contributed by atoms with Crippen LogP contribution in [0.15, 0.2) is 78.9 Å². The minimum Gasteiger partial charge on any atom is -0.0843 e. The Labute approximate surface area is 128 Å². The molecule has 0 spiro atoms. The maximum Gasteiger partial charge on any atom is 0.0412 e. The number of hydrogen-bond acceptors (Lipinski definition) is 0. The molecule has 0 fully saturated rings. The van der Waals surface area contributed by atoms with Crippen LogP contribution in [0.1, 0.15) is 0 Å². The third-order valence-electron chi connectivity index (χ3n) is 3.89. The second-order valence-electron chi connectivity index (χ2n) is 5.27. The maximum atomic E-state index is 6.10. The summed E-state index contributed by atoms with van der Waals surface area (Å²) < 4.78 is 0. The summed E-state index contributed by atoms with van der Waals surface area (Å²) in [5, 5.41) is 5.70. The first-order chi connectivity index (χ1) is 10.3. The van der Waals surface area contributed by atoms with Gasteiger partial charge in [-0.2, -0.15) is 0 Å². The molecule has 21 heavy (non-hydrogen) atoms. The number of benzene rings is 4. The Balaban J connectivity index is 1.90. The van der Waals surface area contributed by atoms with Crippen molar-refractivity contribution in [1.29, 1.82) is 0 Å². The van der Waals surface area contributed by atoms with E-state index in [1.807, 2.05) is 12.1 Å². The molecule has 0 amide bonds. The van der Waals surface area contributed by atoms with Gasteiger partial charge in [0.1, 0.15) is 0 Å². The van der Waals surface area contributed by atoms with Crippen molar-refractivity contribution < 1.29 is 0 Å². The first-order valence-electron chi connectivity index (χ1n) is 6.98. The van der Waals surface area contributed by atoms with Gasteiger partial charge in [-0.3, -0.25) is 0 Å². The minimum absolute atomic E-state index is 0.776. The van der Waals surface area contributed by atoms with Gasteiger partial charge < -0.3 is 0 Å². The highest BCUT2D eigenvalue weighted by Gasteiger charge is 2.02. The molecule has 0 aliphatic rings. The van der Waals surface area contributed by atoms with E-state index in [0.717, 1.165) is 5.02 Å². The highest BCUT2D eigenvalue weighted by atomic mass is 35.5. The molecular weight excluding hydrogens is 276 g/mol. The fourth-order valence-electron chi connectivity index (χ4n) is 2.77. The third-order valence-corrected chi connectivity index (χ3v) is 4.12. The summed E-state index contributed by atoms with van der Waals surface area (Å²) in [6.07, 6.45) is 0. The van der Waals surface area contributed by atoms with Crippen LogP contribution in [-0.2, 0) is 0 Å². The second kappa shape index (κ2) is 4.91. The van der Waals surface area contributed by atoms with E-state index < -0.39 is 0 Å². The average molecular weight is 289 g/mol. The highest BCUT2D eigenvalue weighted by molar-refractivity contribution is 6.31. The van der Waals surface area contributed by atoms with Crippen molar-refractivity contribution in [1.82, 2.24) is 0 Å². The zero-order chi connectivity index (χ0) is 14.2. The lowest BCUT2D eigenvalue weighted by molar-refractivity contribution is 1.67. The van der Waals surface area contributed by atoms with E-state index in [1.54, 1.807) is 0 Å². The van der Waals surface area contributed by atoms with Gasteiger partial charge in [0.05, 0.1) is 0 Å². The summed E-state index contributed by atoms with van der Waals surface area (Å²) in [7, 11) is 0. The summed E-state index contributed by atoms with van der Waals surface area (Å²) in [4.78, 5) is 0. The molecule has 4 rings (SSSR count). The van der Waals surface area contributed by atoms with Crippen LogP contribution < -0.4 is 0 Å². The Kier molecular flexibility index (Phi) is 2.90. The van der Waals surface area contributed by atoms with Crippen molar-refractivity contribution in [3.05, 3.63) is 83.9 Å². The van der Waals surface area contributed by atoms with E-state index >= 15 is 0 Å². The van der Waals surface area contributed by atoms with Gasteiger partial charge in [-0.15, -0.1) is 0 Å². The average Bonchev–Trinajstić information content (AvgIpc) is 2.53. The Hall–Kier alpha value is -2.31. The molecule has 0 nitrogen and oxygen atoms in total. The lowest BCUT2D eigenvalue weighted by atomic mass is 9.99. The maximum absolute atomic E-state index is 6.10. The van der Waals surface area contributed by atoms with Gasteiger partial charge in [0, 0.05) is 5.02 Å². The molecule has 0 radical (unpaired) electrons. The molecule has 1 heteroatoms. The zero-order valence-corrected chi connectivity index (χ0v) is 12.1. The van der Waals surface area contributed by atoms with Gasteiger partial charge in [0.2, 0.25) is 0 Å². The summed E-state index contributed by atoms with van der Waals surface area (Å²) in [6.45, 7) is 0. The van der Waals surface area contributed by atoms with Crippen LogP contribution >= 0.6 is 11.6 Å². The summed E-state index contributed by atoms with van der Waals surface area (Å²) in [5.74, 6) is 0. The Morgan fingerprint density at radius 1 is 0.476 bits per heavy atom. The summed E-state index contributed by atoms with van der Waals surface area (Å²) >= 11 is 6.10. The van der Waals surface area contributed by atoms with E-state index in [0.29, 0.717) is 0 Å². The Morgan fingerprint density at radius 3 is 1.81 bits per heavy atom. The normalized spacial score (nSPS) is 11.1. The van der Waals surface area contributed by atoms with E-state index in [2.05, 4.69) is 66.7 Å². The van der Waals surface area contributed by atoms with Gasteiger partial charge in [-0.05, 0) is 56.9 Å². The smallest absolute Gasteiger partial charge is 0.0412 e. The molecule has 0 saturated heterocycles. The summed E-state index contributed by atoms with van der Waals surface area (Å²) in [6, 6.07) is 27.5. The fourth-order valence-corrected chi connectivity index (χ4v) is 2.95. The van der Waals surface area contributed by atoms with Gasteiger partial charge in [-0.1, -0.05) is 66.2 Å². The van der Waals surface area contributed by atoms with E-state index in [1.165, 1.54) is 32.7 Å². The minimum atomic E-state index is 0.776. The molecule has 0 unspecified atom stereocenters. The predicted molar refractivity (Wildman–Crippen MR) is 91.9 cm³/mol. The molecule has 4 aromatic carbocycles. The van der Waals surface area contributed by atoms with Crippen molar-refractivity contribution in [3.63, 3.8) is 0 Å². The first kappa shape index (κ1) is 12.4. The quantitative estimate of drug-likeness (QED) is 0.385. The van der Waals surface area contributed by atoms with E-state index in [-0.39, 0.29) is 0 Å². The molecule has 0 bridgehead atoms. The molecule has 0 N–H and O–H groups in total. The molecule has 4 aromatic rings. The molecule has 0 aliphatic carbocycles. The number of fused-ring (bicyclic) bond motifs is 2. The molecule has 0 atom stereocenters. The molecule has 0 aromatic heterocycles. The van der Waals surface area contributed by atoms with Crippen molar-refractivity contribution in [3.8, 4) is 11.1 Å². The van der Waals surface area contributed by atoms with Crippen molar-refractivity contribution in [2.45, 2.75) is 0 Å². The van der Waals surface area contributed by atoms with Crippen LogP contribution in [-0.4, -0.2) is 0 Å². The molecule has 100 valence electrons. The summed E-state index contributed by atoms with van der Waals surface area (Å²) in [5.41, 5.74) is 2.45. The second-order valence-corrected chi connectivity index (χ2v) is 5.70. The van der Waals surface area contributed by atoms with Crippen molar-refractivity contribution in [2.75, 3.05) is 0 Å². The third kappa shape index (κ3) is 2.28. The molecule has 0 saturated carbocycles. The van der Waals surface area contributed by atoms with Gasteiger partial charge in [-0.25, -0.2) is 0 Å². The van der Waals surface area contributed by atoms with Crippen molar-refractivity contribution >= 4 is 33.1 Å². The largest absolute Gasteiger partial charge is 0.0843 e. The SMILES string of the molecule is Clc1ccc2ccc(-c3ccc4ccccc4c3)cc2c1. The van der Waals surface area contributed by atoms with Crippen LogP contribution in [0.4, 0.5) is 0 Å². The fraction of sp³-hybridized carbons (Fsp3) is 0. The number of halogens is 1. The van der Waals surface area contributed by atoms with Crippen LogP contribution in [0, 0.1) is 0 Å². The number of rotatable bonds is 1. The molecular formula is C20H13Cl. The van der Waals surface area contributed by atoms with Crippen LogP contribution in [0.5, 0.6) is 0 Å². The van der Waals surface area contributed by atoms with Gasteiger partial charge in [0.15, 0.2) is 0 Å². The Bertz CT molecular complexity index is 954. The van der Waals surface area contributed by atoms with E-state index in [4.69, 9.17) is 11.6 Å². The lowest BCUT2D eigenvalue weighted by Crippen LogP contribution is -1.80. The van der Waals surface area contributed by atoms with Crippen LogP contribution in [0.3, 0.4) is 0 Å².